The number of fused-ring (bicyclic) bond motifs is 1. The number of nitriles is 1. The summed E-state index contributed by atoms with van der Waals surface area (Å²) < 4.78 is 0. The summed E-state index contributed by atoms with van der Waals surface area (Å²) in [5.41, 5.74) is 4.56. The SMILES string of the molecule is Cc1ccc2c(c1)C(N1CC[C@@H](N3CCCC3)C1)=C(C#N)C(=O)C2. The molecular weight excluding hydrogens is 298 g/mol. The molecule has 24 heavy (non-hydrogen) atoms. The first-order valence-corrected chi connectivity index (χ1v) is 8.94. The van der Waals surface area contributed by atoms with Gasteiger partial charge in [0, 0.05) is 31.1 Å². The molecule has 0 amide bonds. The second-order valence-electron chi connectivity index (χ2n) is 7.23. The molecule has 1 aliphatic carbocycles. The van der Waals surface area contributed by atoms with E-state index < -0.39 is 0 Å². The lowest BCUT2D eigenvalue weighted by Gasteiger charge is -2.30. The van der Waals surface area contributed by atoms with Crippen LogP contribution in [0.4, 0.5) is 0 Å². The lowest BCUT2D eigenvalue weighted by Crippen LogP contribution is -2.35. The van der Waals surface area contributed by atoms with Crippen LogP contribution in [-0.2, 0) is 11.2 Å². The van der Waals surface area contributed by atoms with Gasteiger partial charge in [-0.2, -0.15) is 5.26 Å². The molecule has 2 aliphatic heterocycles. The number of rotatable bonds is 2. The van der Waals surface area contributed by atoms with Gasteiger partial charge in [-0.3, -0.25) is 9.69 Å². The van der Waals surface area contributed by atoms with E-state index in [4.69, 9.17) is 0 Å². The van der Waals surface area contributed by atoms with Crippen molar-refractivity contribution in [1.29, 1.82) is 5.26 Å². The topological polar surface area (TPSA) is 47.3 Å². The van der Waals surface area contributed by atoms with E-state index in [1.54, 1.807) is 0 Å². The highest BCUT2D eigenvalue weighted by molar-refractivity contribution is 6.09. The van der Waals surface area contributed by atoms with Crippen LogP contribution >= 0.6 is 0 Å². The third kappa shape index (κ3) is 2.53. The third-order valence-electron chi connectivity index (χ3n) is 5.64. The molecule has 4 nitrogen and oxygen atoms in total. The van der Waals surface area contributed by atoms with Crippen LogP contribution < -0.4 is 0 Å². The highest BCUT2D eigenvalue weighted by atomic mass is 16.1. The predicted octanol–water partition coefficient (Wildman–Crippen LogP) is 2.53. The van der Waals surface area contributed by atoms with E-state index in [0.717, 1.165) is 36.3 Å². The van der Waals surface area contributed by atoms with Crippen LogP contribution in [0.2, 0.25) is 0 Å². The van der Waals surface area contributed by atoms with E-state index in [2.05, 4.69) is 34.9 Å². The summed E-state index contributed by atoms with van der Waals surface area (Å²) in [5, 5.41) is 9.60. The van der Waals surface area contributed by atoms with Crippen molar-refractivity contribution >= 4 is 11.5 Å². The Hall–Kier alpha value is -2.12. The molecule has 2 saturated heterocycles. The number of hydrogen-bond acceptors (Lipinski definition) is 4. The summed E-state index contributed by atoms with van der Waals surface area (Å²) in [6, 6.07) is 9.00. The molecular formula is C20H23N3O. The molecule has 0 spiro atoms. The average Bonchev–Trinajstić information content (AvgIpc) is 3.25. The number of hydrogen-bond donors (Lipinski definition) is 0. The second-order valence-corrected chi connectivity index (χ2v) is 7.23. The van der Waals surface area contributed by atoms with Crippen molar-refractivity contribution in [3.8, 4) is 6.07 Å². The van der Waals surface area contributed by atoms with Gasteiger partial charge in [0.1, 0.15) is 11.6 Å². The van der Waals surface area contributed by atoms with Crippen molar-refractivity contribution in [2.45, 2.75) is 38.6 Å². The molecule has 3 aliphatic rings. The zero-order valence-electron chi connectivity index (χ0n) is 14.2. The molecule has 2 heterocycles. The molecule has 0 radical (unpaired) electrons. The van der Waals surface area contributed by atoms with E-state index in [1.165, 1.54) is 31.5 Å². The standard InChI is InChI=1S/C20H23N3O/c1-14-4-5-15-11-19(24)18(12-21)20(17(15)10-14)23-9-6-16(13-23)22-7-2-3-8-22/h4-5,10,16H,2-3,6-9,11,13H2,1H3/t16-/m1/s1. The van der Waals surface area contributed by atoms with Gasteiger partial charge in [0.15, 0.2) is 5.78 Å². The van der Waals surface area contributed by atoms with E-state index in [1.807, 2.05) is 6.07 Å². The number of benzene rings is 1. The Morgan fingerprint density at radius 2 is 2.00 bits per heavy atom. The summed E-state index contributed by atoms with van der Waals surface area (Å²) in [4.78, 5) is 17.3. The van der Waals surface area contributed by atoms with E-state index in [9.17, 15) is 10.1 Å². The molecule has 0 N–H and O–H groups in total. The van der Waals surface area contributed by atoms with Gasteiger partial charge in [-0.25, -0.2) is 0 Å². The Morgan fingerprint density at radius 1 is 1.21 bits per heavy atom. The van der Waals surface area contributed by atoms with E-state index >= 15 is 0 Å². The molecule has 0 bridgehead atoms. The first-order chi connectivity index (χ1) is 11.7. The van der Waals surface area contributed by atoms with Crippen molar-refractivity contribution in [3.05, 3.63) is 40.5 Å². The highest BCUT2D eigenvalue weighted by Gasteiger charge is 2.35. The van der Waals surface area contributed by atoms with Gasteiger partial charge in [0.25, 0.3) is 0 Å². The smallest absolute Gasteiger partial charge is 0.179 e. The lowest BCUT2D eigenvalue weighted by molar-refractivity contribution is -0.114. The van der Waals surface area contributed by atoms with Crippen LogP contribution in [0.1, 0.15) is 36.0 Å². The zero-order valence-corrected chi connectivity index (χ0v) is 14.2. The molecule has 0 aromatic heterocycles. The molecule has 2 fully saturated rings. The molecule has 0 unspecified atom stereocenters. The van der Waals surface area contributed by atoms with E-state index in [-0.39, 0.29) is 5.78 Å². The third-order valence-corrected chi connectivity index (χ3v) is 5.64. The van der Waals surface area contributed by atoms with Crippen molar-refractivity contribution in [1.82, 2.24) is 9.80 Å². The van der Waals surface area contributed by atoms with Crippen molar-refractivity contribution in [2.75, 3.05) is 26.2 Å². The minimum atomic E-state index is -0.0338. The van der Waals surface area contributed by atoms with Crippen LogP contribution in [0.3, 0.4) is 0 Å². The summed E-state index contributed by atoms with van der Waals surface area (Å²) in [7, 11) is 0. The maximum atomic E-state index is 12.5. The summed E-state index contributed by atoms with van der Waals surface area (Å²) in [6.45, 7) is 6.31. The van der Waals surface area contributed by atoms with Gasteiger partial charge in [-0.05, 0) is 50.9 Å². The van der Waals surface area contributed by atoms with Gasteiger partial charge >= 0.3 is 0 Å². The Kier molecular flexibility index (Phi) is 3.90. The number of carbonyl (C=O) groups is 1. The van der Waals surface area contributed by atoms with Crippen molar-refractivity contribution in [3.63, 3.8) is 0 Å². The first-order valence-electron chi connectivity index (χ1n) is 8.94. The van der Waals surface area contributed by atoms with Crippen LogP contribution in [0, 0.1) is 18.3 Å². The fraction of sp³-hybridized carbons (Fsp3) is 0.500. The summed E-state index contributed by atoms with van der Waals surface area (Å²) in [5.74, 6) is -0.0338. The number of aryl methyl sites for hydroxylation is 1. The van der Waals surface area contributed by atoms with Crippen LogP contribution in [0.25, 0.3) is 5.70 Å². The number of likely N-dealkylation sites (tertiary alicyclic amines) is 2. The monoisotopic (exact) mass is 321 g/mol. The molecule has 4 heteroatoms. The Balaban J connectivity index is 1.70. The van der Waals surface area contributed by atoms with Crippen molar-refractivity contribution < 1.29 is 4.79 Å². The fourth-order valence-corrected chi connectivity index (χ4v) is 4.39. The Morgan fingerprint density at radius 3 is 2.75 bits per heavy atom. The maximum Gasteiger partial charge on any atom is 0.179 e. The number of ketones is 1. The quantitative estimate of drug-likeness (QED) is 0.840. The maximum absolute atomic E-state index is 12.5. The Labute approximate surface area is 143 Å². The number of carbonyl (C=O) groups excluding carboxylic acids is 1. The summed E-state index contributed by atoms with van der Waals surface area (Å²) in [6.07, 6.45) is 4.06. The van der Waals surface area contributed by atoms with Crippen LogP contribution in [0.15, 0.2) is 23.8 Å². The largest absolute Gasteiger partial charge is 0.368 e. The van der Waals surface area contributed by atoms with Gasteiger partial charge in [-0.15, -0.1) is 0 Å². The molecule has 124 valence electrons. The molecule has 4 rings (SSSR count). The highest BCUT2D eigenvalue weighted by Crippen LogP contribution is 2.35. The van der Waals surface area contributed by atoms with E-state index in [0.29, 0.717) is 18.0 Å². The predicted molar refractivity (Wildman–Crippen MR) is 93.2 cm³/mol. The number of nitrogens with zero attached hydrogens (tertiary/aromatic N) is 3. The van der Waals surface area contributed by atoms with Crippen LogP contribution in [0.5, 0.6) is 0 Å². The van der Waals surface area contributed by atoms with Crippen LogP contribution in [-0.4, -0.2) is 47.8 Å². The normalized spacial score (nSPS) is 24.4. The molecule has 0 saturated carbocycles. The molecule has 1 atom stereocenters. The second kappa shape index (κ2) is 6.07. The van der Waals surface area contributed by atoms with Gasteiger partial charge in [-0.1, -0.05) is 17.7 Å². The van der Waals surface area contributed by atoms with Crippen molar-refractivity contribution in [2.24, 2.45) is 0 Å². The van der Waals surface area contributed by atoms with Gasteiger partial charge < -0.3 is 4.90 Å². The number of Topliss-reactive ketones (excluding diaryl/α,β-unsaturated/α-hetero) is 1. The number of allylic oxidation sites excluding steroid dienone is 1. The average molecular weight is 321 g/mol. The van der Waals surface area contributed by atoms with Gasteiger partial charge in [0.2, 0.25) is 0 Å². The first kappa shape index (κ1) is 15.4. The zero-order chi connectivity index (χ0) is 16.7. The molecule has 1 aromatic rings. The van der Waals surface area contributed by atoms with Gasteiger partial charge in [0.05, 0.1) is 5.70 Å². The fourth-order valence-electron chi connectivity index (χ4n) is 4.39. The lowest BCUT2D eigenvalue weighted by atomic mass is 9.87. The minimum Gasteiger partial charge on any atom is -0.368 e. The minimum absolute atomic E-state index is 0.0338. The Bertz CT molecular complexity index is 753. The molecule has 1 aromatic carbocycles. The summed E-state index contributed by atoms with van der Waals surface area (Å²) >= 11 is 0.